The van der Waals surface area contributed by atoms with E-state index in [1.54, 1.807) is 16.4 Å². The Hall–Kier alpha value is -1.23. The van der Waals surface area contributed by atoms with Crippen molar-refractivity contribution in [3.63, 3.8) is 0 Å². The van der Waals surface area contributed by atoms with Crippen LogP contribution in [0.15, 0.2) is 23.2 Å². The topological polar surface area (TPSA) is 90.9 Å². The summed E-state index contributed by atoms with van der Waals surface area (Å²) in [5.41, 5.74) is 0.413. The first-order valence-electron chi connectivity index (χ1n) is 12.5. The Labute approximate surface area is 205 Å². The van der Waals surface area contributed by atoms with Crippen LogP contribution < -0.4 is 4.90 Å². The molecule has 34 heavy (non-hydrogen) atoms. The van der Waals surface area contributed by atoms with E-state index in [-0.39, 0.29) is 21.8 Å². The van der Waals surface area contributed by atoms with Gasteiger partial charge in [0.1, 0.15) is 10.7 Å². The largest absolute Gasteiger partial charge is 0.355 e. The zero-order valence-electron chi connectivity index (χ0n) is 20.9. The van der Waals surface area contributed by atoms with Crippen molar-refractivity contribution in [3.05, 3.63) is 18.3 Å². The summed E-state index contributed by atoms with van der Waals surface area (Å²) in [5.74, 6) is 0.850. The molecule has 1 spiro atoms. The van der Waals surface area contributed by atoms with Crippen LogP contribution in [0, 0.1) is 10.8 Å². The lowest BCUT2D eigenvalue weighted by molar-refractivity contribution is 0.0485. The van der Waals surface area contributed by atoms with Gasteiger partial charge in [-0.1, -0.05) is 20.8 Å². The van der Waals surface area contributed by atoms with Gasteiger partial charge in [-0.05, 0) is 74.7 Å². The molecule has 1 aromatic rings. The Morgan fingerprint density at radius 3 is 2.26 bits per heavy atom. The van der Waals surface area contributed by atoms with Gasteiger partial charge in [-0.15, -0.1) is 0 Å². The molecule has 0 bridgehead atoms. The highest BCUT2D eigenvalue weighted by atomic mass is 32.2. The summed E-state index contributed by atoms with van der Waals surface area (Å²) in [6.45, 7) is 12.0. The fraction of sp³-hybridized carbons (Fsp3) is 0.792. The van der Waals surface area contributed by atoms with Gasteiger partial charge >= 0.3 is 0 Å². The lowest BCUT2D eigenvalue weighted by Gasteiger charge is -2.47. The second kappa shape index (κ2) is 9.67. The number of hydrogen-bond donors (Lipinski definition) is 0. The van der Waals surface area contributed by atoms with Crippen LogP contribution in [-0.4, -0.2) is 88.3 Å². The van der Waals surface area contributed by atoms with Gasteiger partial charge in [-0.3, -0.25) is 0 Å². The number of pyridine rings is 1. The molecule has 4 heterocycles. The van der Waals surface area contributed by atoms with E-state index >= 15 is 0 Å². The van der Waals surface area contributed by atoms with Gasteiger partial charge < -0.3 is 9.80 Å². The molecule has 0 saturated carbocycles. The Bertz CT molecular complexity index is 1040. The number of rotatable bonds is 5. The van der Waals surface area contributed by atoms with E-state index in [1.165, 1.54) is 12.6 Å². The Kier molecular flexibility index (Phi) is 7.35. The molecule has 0 atom stereocenters. The number of sulfonamides is 1. The van der Waals surface area contributed by atoms with Crippen LogP contribution in [0.1, 0.15) is 52.9 Å². The van der Waals surface area contributed by atoms with Gasteiger partial charge in [0.15, 0.2) is 9.84 Å². The smallest absolute Gasteiger partial charge is 0.244 e. The second-order valence-corrected chi connectivity index (χ2v) is 15.8. The summed E-state index contributed by atoms with van der Waals surface area (Å²) >= 11 is 0. The number of aromatic nitrogens is 1. The molecular formula is C24H40N4O4S2. The van der Waals surface area contributed by atoms with Crippen molar-refractivity contribution < 1.29 is 16.8 Å². The summed E-state index contributed by atoms with van der Waals surface area (Å²) < 4.78 is 51.9. The highest BCUT2D eigenvalue weighted by Gasteiger charge is 2.42. The SMILES string of the molecule is CC(C)(C)CCN1CCC2(CCCN(S(=O)(=O)c3ccc(N4CCS(=O)(=O)CC4)nc3)C2)CC1. The maximum atomic E-state index is 13.4. The van der Waals surface area contributed by atoms with Crippen LogP contribution in [0.2, 0.25) is 0 Å². The average molecular weight is 513 g/mol. The van der Waals surface area contributed by atoms with Crippen LogP contribution in [-0.2, 0) is 19.9 Å². The first-order valence-corrected chi connectivity index (χ1v) is 15.8. The number of anilines is 1. The minimum atomic E-state index is -3.60. The van der Waals surface area contributed by atoms with Gasteiger partial charge in [0, 0.05) is 32.4 Å². The van der Waals surface area contributed by atoms with Crippen molar-refractivity contribution >= 4 is 25.7 Å². The predicted molar refractivity (Wildman–Crippen MR) is 135 cm³/mol. The predicted octanol–water partition coefficient (Wildman–Crippen LogP) is 2.62. The zero-order valence-corrected chi connectivity index (χ0v) is 22.5. The summed E-state index contributed by atoms with van der Waals surface area (Å²) in [4.78, 5) is 9.05. The lowest BCUT2D eigenvalue weighted by atomic mass is 9.73. The first kappa shape index (κ1) is 25.9. The molecule has 0 unspecified atom stereocenters. The molecule has 3 saturated heterocycles. The van der Waals surface area contributed by atoms with E-state index in [4.69, 9.17) is 0 Å². The maximum absolute atomic E-state index is 13.4. The maximum Gasteiger partial charge on any atom is 0.244 e. The summed E-state index contributed by atoms with van der Waals surface area (Å²) in [6, 6.07) is 3.33. The normalized spacial score (nSPS) is 24.4. The lowest BCUT2D eigenvalue weighted by Crippen LogP contribution is -2.51. The molecule has 8 nitrogen and oxygen atoms in total. The van der Waals surface area contributed by atoms with Crippen LogP contribution >= 0.6 is 0 Å². The zero-order chi connectivity index (χ0) is 24.6. The fourth-order valence-corrected chi connectivity index (χ4v) is 8.06. The third-order valence-corrected chi connectivity index (χ3v) is 11.2. The Balaban J connectivity index is 1.38. The number of nitrogens with zero attached hydrogens (tertiary/aromatic N) is 4. The van der Waals surface area contributed by atoms with E-state index in [9.17, 15) is 16.8 Å². The molecule has 0 aliphatic carbocycles. The van der Waals surface area contributed by atoms with E-state index in [2.05, 4.69) is 30.7 Å². The summed E-state index contributed by atoms with van der Waals surface area (Å²) in [7, 11) is -6.58. The summed E-state index contributed by atoms with van der Waals surface area (Å²) in [5, 5.41) is 0. The number of hydrogen-bond acceptors (Lipinski definition) is 7. The fourth-order valence-electron chi connectivity index (χ4n) is 5.32. The minimum absolute atomic E-state index is 0.0796. The molecule has 0 radical (unpaired) electrons. The van der Waals surface area contributed by atoms with Gasteiger partial charge in [-0.2, -0.15) is 4.31 Å². The van der Waals surface area contributed by atoms with Crippen LogP contribution in [0.3, 0.4) is 0 Å². The van der Waals surface area contributed by atoms with Crippen molar-refractivity contribution in [2.45, 2.75) is 57.8 Å². The quantitative estimate of drug-likeness (QED) is 0.599. The summed E-state index contributed by atoms with van der Waals surface area (Å²) in [6.07, 6.45) is 6.72. The van der Waals surface area contributed by atoms with Crippen molar-refractivity contribution in [2.24, 2.45) is 10.8 Å². The molecule has 0 N–H and O–H groups in total. The second-order valence-electron chi connectivity index (χ2n) is 11.6. The molecule has 3 aliphatic heterocycles. The molecule has 1 aromatic heterocycles. The van der Waals surface area contributed by atoms with Crippen molar-refractivity contribution in [2.75, 3.05) is 62.2 Å². The van der Waals surface area contributed by atoms with E-state index < -0.39 is 19.9 Å². The highest BCUT2D eigenvalue weighted by Crippen LogP contribution is 2.41. The van der Waals surface area contributed by atoms with Gasteiger partial charge in [0.05, 0.1) is 11.5 Å². The minimum Gasteiger partial charge on any atom is -0.355 e. The molecule has 0 aromatic carbocycles. The monoisotopic (exact) mass is 512 g/mol. The molecule has 3 fully saturated rings. The van der Waals surface area contributed by atoms with E-state index in [1.807, 2.05) is 4.90 Å². The van der Waals surface area contributed by atoms with Crippen molar-refractivity contribution in [1.82, 2.24) is 14.2 Å². The molecule has 4 rings (SSSR count). The van der Waals surface area contributed by atoms with Gasteiger partial charge in [0.25, 0.3) is 0 Å². The standard InChI is InChI=1S/C24H40N4O4S2/c1-23(2,3)8-12-26-13-9-24(10-14-26)7-4-11-28(20-24)34(31,32)21-5-6-22(25-19-21)27-15-17-33(29,30)18-16-27/h5-6,19H,4,7-18,20H2,1-3H3. The number of likely N-dealkylation sites (tertiary alicyclic amines) is 1. The molecular weight excluding hydrogens is 472 g/mol. The van der Waals surface area contributed by atoms with E-state index in [0.717, 1.165) is 45.3 Å². The van der Waals surface area contributed by atoms with Crippen molar-refractivity contribution in [3.8, 4) is 0 Å². The molecule has 0 amide bonds. The van der Waals surface area contributed by atoms with E-state index in [0.29, 0.717) is 37.4 Å². The number of piperidine rings is 2. The van der Waals surface area contributed by atoms with Crippen LogP contribution in [0.25, 0.3) is 0 Å². The molecule has 3 aliphatic rings. The van der Waals surface area contributed by atoms with Gasteiger partial charge in [0.2, 0.25) is 10.0 Å². The molecule has 10 heteroatoms. The van der Waals surface area contributed by atoms with Crippen LogP contribution in [0.5, 0.6) is 0 Å². The first-order chi connectivity index (χ1) is 15.9. The van der Waals surface area contributed by atoms with Crippen LogP contribution in [0.4, 0.5) is 5.82 Å². The Morgan fingerprint density at radius 2 is 1.68 bits per heavy atom. The number of sulfone groups is 1. The highest BCUT2D eigenvalue weighted by molar-refractivity contribution is 7.91. The Morgan fingerprint density at radius 1 is 1.00 bits per heavy atom. The third-order valence-electron chi connectivity index (χ3n) is 7.75. The van der Waals surface area contributed by atoms with Crippen molar-refractivity contribution in [1.29, 1.82) is 0 Å². The molecule has 192 valence electrons. The third kappa shape index (κ3) is 6.12. The van der Waals surface area contributed by atoms with Gasteiger partial charge in [-0.25, -0.2) is 21.8 Å². The average Bonchev–Trinajstić information content (AvgIpc) is 2.78.